The van der Waals surface area contributed by atoms with Gasteiger partial charge >= 0.3 is 0 Å². The van der Waals surface area contributed by atoms with Crippen LogP contribution in [0.3, 0.4) is 0 Å². The minimum Gasteiger partial charge on any atom is -0.399 e. The highest BCUT2D eigenvalue weighted by Gasteiger charge is 2.16. The third kappa shape index (κ3) is 1.98. The summed E-state index contributed by atoms with van der Waals surface area (Å²) in [5.41, 5.74) is 7.40. The van der Waals surface area contributed by atoms with Crippen molar-refractivity contribution < 1.29 is 4.74 Å². The first-order chi connectivity index (χ1) is 6.36. The number of anilines is 1. The molecule has 0 saturated carbocycles. The Morgan fingerprint density at radius 1 is 1.46 bits per heavy atom. The van der Waals surface area contributed by atoms with E-state index in [0.29, 0.717) is 0 Å². The van der Waals surface area contributed by atoms with Crippen LogP contribution in [0.25, 0.3) is 0 Å². The Kier molecular flexibility index (Phi) is 2.45. The van der Waals surface area contributed by atoms with Crippen LogP contribution in [-0.4, -0.2) is 11.6 Å². The van der Waals surface area contributed by atoms with Crippen molar-refractivity contribution in [1.29, 1.82) is 0 Å². The highest BCUT2D eigenvalue weighted by molar-refractivity contribution is 5.37. The van der Waals surface area contributed by atoms with Crippen molar-refractivity contribution in [2.75, 3.05) is 12.3 Å². The zero-order valence-corrected chi connectivity index (χ0v) is 7.57. The van der Waals surface area contributed by atoms with Crippen LogP contribution in [-0.2, 0) is 4.74 Å². The Bertz CT molecular complexity index is 282. The van der Waals surface area contributed by atoms with Gasteiger partial charge in [0.1, 0.15) is 0 Å². The summed E-state index contributed by atoms with van der Waals surface area (Å²) in [4.78, 5) is 4.26. The third-order valence-electron chi connectivity index (χ3n) is 2.31. The maximum absolute atomic E-state index is 5.67. The molecule has 1 aliphatic rings. The number of nitrogen functional groups attached to an aromatic ring is 1. The van der Waals surface area contributed by atoms with Crippen LogP contribution >= 0.6 is 0 Å². The van der Waals surface area contributed by atoms with E-state index in [4.69, 9.17) is 10.5 Å². The molecule has 0 aliphatic carbocycles. The van der Waals surface area contributed by atoms with Crippen molar-refractivity contribution in [3.8, 4) is 0 Å². The van der Waals surface area contributed by atoms with E-state index in [2.05, 4.69) is 4.98 Å². The average molecular weight is 178 g/mol. The van der Waals surface area contributed by atoms with E-state index in [9.17, 15) is 0 Å². The van der Waals surface area contributed by atoms with E-state index in [0.717, 1.165) is 24.4 Å². The predicted octanol–water partition coefficient (Wildman–Crippen LogP) is 1.91. The molecule has 1 fully saturated rings. The number of ether oxygens (including phenoxy) is 1. The molecule has 2 rings (SSSR count). The van der Waals surface area contributed by atoms with Gasteiger partial charge in [0.2, 0.25) is 0 Å². The number of aromatic nitrogens is 1. The number of hydrogen-bond acceptors (Lipinski definition) is 3. The summed E-state index contributed by atoms with van der Waals surface area (Å²) in [6.45, 7) is 0.848. The zero-order chi connectivity index (χ0) is 9.10. The van der Waals surface area contributed by atoms with Crippen LogP contribution in [0.4, 0.5) is 5.69 Å². The molecular weight excluding hydrogens is 164 g/mol. The highest BCUT2D eigenvalue weighted by atomic mass is 16.5. The maximum atomic E-state index is 5.67. The summed E-state index contributed by atoms with van der Waals surface area (Å²) in [6.07, 6.45) is 5.36. The summed E-state index contributed by atoms with van der Waals surface area (Å²) in [6, 6.07) is 3.70. The molecule has 0 spiro atoms. The lowest BCUT2D eigenvalue weighted by Crippen LogP contribution is -2.12. The molecule has 1 aliphatic heterocycles. The molecule has 1 atom stereocenters. The Hall–Kier alpha value is -1.09. The molecule has 1 aromatic heterocycles. The van der Waals surface area contributed by atoms with E-state index >= 15 is 0 Å². The quantitative estimate of drug-likeness (QED) is 0.714. The van der Waals surface area contributed by atoms with Gasteiger partial charge in [-0.2, -0.15) is 0 Å². The molecule has 0 amide bonds. The van der Waals surface area contributed by atoms with Gasteiger partial charge in [0.25, 0.3) is 0 Å². The second-order valence-corrected chi connectivity index (χ2v) is 3.37. The number of pyridine rings is 1. The Morgan fingerprint density at radius 2 is 2.38 bits per heavy atom. The van der Waals surface area contributed by atoms with Crippen LogP contribution in [0.15, 0.2) is 18.3 Å². The first kappa shape index (κ1) is 8.51. The first-order valence-corrected chi connectivity index (χ1v) is 4.69. The summed E-state index contributed by atoms with van der Waals surface area (Å²) in [7, 11) is 0. The van der Waals surface area contributed by atoms with Crippen molar-refractivity contribution in [2.45, 2.75) is 25.4 Å². The molecule has 1 saturated heterocycles. The van der Waals surface area contributed by atoms with Crippen LogP contribution < -0.4 is 5.73 Å². The third-order valence-corrected chi connectivity index (χ3v) is 2.31. The number of nitrogens with two attached hydrogens (primary N) is 1. The van der Waals surface area contributed by atoms with Gasteiger partial charge in [-0.05, 0) is 31.4 Å². The Morgan fingerprint density at radius 3 is 3.08 bits per heavy atom. The molecule has 3 heteroatoms. The summed E-state index contributed by atoms with van der Waals surface area (Å²) in [5, 5.41) is 0. The SMILES string of the molecule is Nc1ccnc(C2CCCCO2)c1. The lowest BCUT2D eigenvalue weighted by atomic mass is 10.1. The number of rotatable bonds is 1. The normalized spacial score (nSPS) is 22.9. The van der Waals surface area contributed by atoms with Gasteiger partial charge in [0.05, 0.1) is 11.8 Å². The van der Waals surface area contributed by atoms with Crippen molar-refractivity contribution >= 4 is 5.69 Å². The van der Waals surface area contributed by atoms with E-state index < -0.39 is 0 Å². The van der Waals surface area contributed by atoms with Crippen molar-refractivity contribution in [3.05, 3.63) is 24.0 Å². The van der Waals surface area contributed by atoms with Gasteiger partial charge in [0, 0.05) is 18.5 Å². The summed E-state index contributed by atoms with van der Waals surface area (Å²) >= 11 is 0. The molecule has 13 heavy (non-hydrogen) atoms. The molecule has 0 radical (unpaired) electrons. The summed E-state index contributed by atoms with van der Waals surface area (Å²) in [5.74, 6) is 0. The second kappa shape index (κ2) is 3.75. The van der Waals surface area contributed by atoms with Gasteiger partial charge in [-0.1, -0.05) is 0 Å². The molecule has 0 aromatic carbocycles. The topological polar surface area (TPSA) is 48.1 Å². The Labute approximate surface area is 77.9 Å². The van der Waals surface area contributed by atoms with Crippen molar-refractivity contribution in [1.82, 2.24) is 4.98 Å². The fraction of sp³-hybridized carbons (Fsp3) is 0.500. The van der Waals surface area contributed by atoms with E-state index in [1.165, 1.54) is 12.8 Å². The lowest BCUT2D eigenvalue weighted by molar-refractivity contribution is 0.0123. The van der Waals surface area contributed by atoms with E-state index in [1.807, 2.05) is 6.07 Å². The van der Waals surface area contributed by atoms with Crippen molar-refractivity contribution in [2.24, 2.45) is 0 Å². The van der Waals surface area contributed by atoms with Gasteiger partial charge in [-0.15, -0.1) is 0 Å². The average Bonchev–Trinajstić information content (AvgIpc) is 2.19. The molecule has 1 aromatic rings. The van der Waals surface area contributed by atoms with E-state index in [1.54, 1.807) is 12.3 Å². The number of nitrogens with zero attached hydrogens (tertiary/aromatic N) is 1. The minimum atomic E-state index is 0.164. The fourth-order valence-corrected chi connectivity index (χ4v) is 1.62. The molecule has 2 N–H and O–H groups in total. The van der Waals surface area contributed by atoms with Crippen molar-refractivity contribution in [3.63, 3.8) is 0 Å². The van der Waals surface area contributed by atoms with Crippen LogP contribution in [0.1, 0.15) is 31.1 Å². The molecule has 0 bridgehead atoms. The molecule has 70 valence electrons. The molecule has 3 nitrogen and oxygen atoms in total. The first-order valence-electron chi connectivity index (χ1n) is 4.69. The molecule has 2 heterocycles. The van der Waals surface area contributed by atoms with Gasteiger partial charge in [0.15, 0.2) is 0 Å². The van der Waals surface area contributed by atoms with E-state index in [-0.39, 0.29) is 6.10 Å². The second-order valence-electron chi connectivity index (χ2n) is 3.37. The number of hydrogen-bond donors (Lipinski definition) is 1. The summed E-state index contributed by atoms with van der Waals surface area (Å²) < 4.78 is 5.60. The van der Waals surface area contributed by atoms with Crippen LogP contribution in [0, 0.1) is 0 Å². The van der Waals surface area contributed by atoms with Gasteiger partial charge in [-0.25, -0.2) is 0 Å². The minimum absolute atomic E-state index is 0.164. The monoisotopic (exact) mass is 178 g/mol. The highest BCUT2D eigenvalue weighted by Crippen LogP contribution is 2.26. The Balaban J connectivity index is 2.14. The molecular formula is C10H14N2O. The van der Waals surface area contributed by atoms with Gasteiger partial charge < -0.3 is 10.5 Å². The standard InChI is InChI=1S/C10H14N2O/c11-8-4-5-12-9(7-8)10-3-1-2-6-13-10/h4-5,7,10H,1-3,6H2,(H2,11,12). The van der Waals surface area contributed by atoms with Crippen LogP contribution in [0.5, 0.6) is 0 Å². The smallest absolute Gasteiger partial charge is 0.0995 e. The van der Waals surface area contributed by atoms with Gasteiger partial charge in [-0.3, -0.25) is 4.98 Å². The molecule has 1 unspecified atom stereocenters. The maximum Gasteiger partial charge on any atom is 0.0995 e. The zero-order valence-electron chi connectivity index (χ0n) is 7.57. The fourth-order valence-electron chi connectivity index (χ4n) is 1.62. The predicted molar refractivity (Wildman–Crippen MR) is 51.2 cm³/mol. The largest absolute Gasteiger partial charge is 0.399 e. The lowest BCUT2D eigenvalue weighted by Gasteiger charge is -2.21. The van der Waals surface area contributed by atoms with Crippen LogP contribution in [0.2, 0.25) is 0 Å².